The third kappa shape index (κ3) is 6.58. The predicted octanol–water partition coefficient (Wildman–Crippen LogP) is 3.20. The Kier molecular flexibility index (Phi) is 8.25. The predicted molar refractivity (Wildman–Crippen MR) is 104 cm³/mol. The van der Waals surface area contributed by atoms with Crippen molar-refractivity contribution >= 4 is 17.5 Å². The van der Waals surface area contributed by atoms with Crippen LogP contribution in [0.3, 0.4) is 0 Å². The molecule has 0 bridgehead atoms. The molecule has 0 saturated carbocycles. The molecule has 0 saturated heterocycles. The molecule has 26 heavy (non-hydrogen) atoms. The lowest BCUT2D eigenvalue weighted by Crippen LogP contribution is -2.29. The van der Waals surface area contributed by atoms with Crippen molar-refractivity contribution in [2.75, 3.05) is 27.3 Å². The fourth-order valence-corrected chi connectivity index (χ4v) is 2.63. The summed E-state index contributed by atoms with van der Waals surface area (Å²) in [6.45, 7) is 1.94. The van der Waals surface area contributed by atoms with Crippen LogP contribution in [0.1, 0.15) is 17.5 Å². The summed E-state index contributed by atoms with van der Waals surface area (Å²) in [7, 11) is 3.22. The Hall–Kier alpha value is -2.24. The van der Waals surface area contributed by atoms with Crippen molar-refractivity contribution in [2.45, 2.75) is 19.4 Å². The zero-order valence-electron chi connectivity index (χ0n) is 15.2. The van der Waals surface area contributed by atoms with E-state index in [2.05, 4.69) is 10.6 Å². The molecule has 0 aromatic heterocycles. The van der Waals surface area contributed by atoms with Crippen LogP contribution in [0.4, 0.5) is 0 Å². The molecule has 0 spiro atoms. The number of halogens is 1. The standard InChI is InChI=1S/C20H25ClN2O3/c1-25-18-8-5-15(13-19(18)26-2)9-12-23-20(24)10-11-22-14-16-3-6-17(21)7-4-16/h3-8,13,22H,9-12,14H2,1-2H3,(H,23,24). The minimum atomic E-state index is 0.0362. The number of ether oxygens (including phenoxy) is 2. The average molecular weight is 377 g/mol. The second kappa shape index (κ2) is 10.7. The number of carbonyl (C=O) groups is 1. The molecule has 0 fully saturated rings. The van der Waals surface area contributed by atoms with Crippen LogP contribution in [0.25, 0.3) is 0 Å². The molecule has 1 amide bonds. The van der Waals surface area contributed by atoms with E-state index < -0.39 is 0 Å². The second-order valence-electron chi connectivity index (χ2n) is 5.84. The van der Waals surface area contributed by atoms with Crippen LogP contribution >= 0.6 is 11.6 Å². The zero-order valence-corrected chi connectivity index (χ0v) is 15.9. The van der Waals surface area contributed by atoms with E-state index in [1.165, 1.54) is 0 Å². The summed E-state index contributed by atoms with van der Waals surface area (Å²) in [6, 6.07) is 13.4. The van der Waals surface area contributed by atoms with Gasteiger partial charge in [-0.05, 0) is 41.8 Å². The maximum atomic E-state index is 11.9. The fourth-order valence-electron chi connectivity index (χ4n) is 2.51. The largest absolute Gasteiger partial charge is 0.493 e. The highest BCUT2D eigenvalue weighted by molar-refractivity contribution is 6.30. The van der Waals surface area contributed by atoms with Crippen LogP contribution in [-0.2, 0) is 17.8 Å². The third-order valence-corrected chi connectivity index (χ3v) is 4.21. The smallest absolute Gasteiger partial charge is 0.221 e. The Bertz CT molecular complexity index is 705. The van der Waals surface area contributed by atoms with E-state index in [0.717, 1.165) is 29.1 Å². The number of carbonyl (C=O) groups excluding carboxylic acids is 1. The third-order valence-electron chi connectivity index (χ3n) is 3.96. The van der Waals surface area contributed by atoms with Crippen LogP contribution < -0.4 is 20.1 Å². The number of hydrogen-bond donors (Lipinski definition) is 2. The highest BCUT2D eigenvalue weighted by atomic mass is 35.5. The minimum absolute atomic E-state index is 0.0362. The summed E-state index contributed by atoms with van der Waals surface area (Å²) in [6.07, 6.45) is 1.18. The highest BCUT2D eigenvalue weighted by Gasteiger charge is 2.05. The van der Waals surface area contributed by atoms with Crippen LogP contribution in [0.2, 0.25) is 5.02 Å². The summed E-state index contributed by atoms with van der Waals surface area (Å²) in [4.78, 5) is 11.9. The fraction of sp³-hybridized carbons (Fsp3) is 0.350. The Morgan fingerprint density at radius 3 is 2.35 bits per heavy atom. The summed E-state index contributed by atoms with van der Waals surface area (Å²) < 4.78 is 10.5. The zero-order chi connectivity index (χ0) is 18.8. The van der Waals surface area contributed by atoms with E-state index in [1.54, 1.807) is 14.2 Å². The molecule has 140 valence electrons. The lowest BCUT2D eigenvalue weighted by Gasteiger charge is -2.10. The van der Waals surface area contributed by atoms with Gasteiger partial charge in [-0.25, -0.2) is 0 Å². The Morgan fingerprint density at radius 2 is 1.65 bits per heavy atom. The molecule has 2 aromatic rings. The van der Waals surface area contributed by atoms with Gasteiger partial charge in [0.1, 0.15) is 0 Å². The number of benzene rings is 2. The van der Waals surface area contributed by atoms with E-state index in [-0.39, 0.29) is 5.91 Å². The molecule has 2 aromatic carbocycles. The van der Waals surface area contributed by atoms with Gasteiger partial charge in [0.2, 0.25) is 5.91 Å². The Balaban J connectivity index is 1.63. The van der Waals surface area contributed by atoms with Crippen molar-refractivity contribution in [3.05, 3.63) is 58.6 Å². The Labute approximate surface area is 159 Å². The van der Waals surface area contributed by atoms with Crippen molar-refractivity contribution in [3.63, 3.8) is 0 Å². The number of nitrogens with one attached hydrogen (secondary N) is 2. The normalized spacial score (nSPS) is 10.4. The number of amides is 1. The van der Waals surface area contributed by atoms with Crippen LogP contribution in [0.5, 0.6) is 11.5 Å². The van der Waals surface area contributed by atoms with Gasteiger partial charge < -0.3 is 20.1 Å². The van der Waals surface area contributed by atoms with Crippen LogP contribution in [-0.4, -0.2) is 33.2 Å². The molecule has 0 radical (unpaired) electrons. The van der Waals surface area contributed by atoms with Gasteiger partial charge in [-0.15, -0.1) is 0 Å². The van der Waals surface area contributed by atoms with Crippen molar-refractivity contribution < 1.29 is 14.3 Å². The second-order valence-corrected chi connectivity index (χ2v) is 6.28. The first kappa shape index (κ1) is 20.1. The first-order valence-electron chi connectivity index (χ1n) is 8.55. The van der Waals surface area contributed by atoms with Gasteiger partial charge in [-0.2, -0.15) is 0 Å². The molecule has 0 aliphatic rings. The molecule has 0 atom stereocenters. The van der Waals surface area contributed by atoms with Crippen molar-refractivity contribution in [2.24, 2.45) is 0 Å². The first-order valence-corrected chi connectivity index (χ1v) is 8.93. The molecular formula is C20H25ClN2O3. The minimum Gasteiger partial charge on any atom is -0.493 e. The SMILES string of the molecule is COc1ccc(CCNC(=O)CCNCc2ccc(Cl)cc2)cc1OC. The van der Waals surface area contributed by atoms with Gasteiger partial charge in [0, 0.05) is 31.1 Å². The first-order chi connectivity index (χ1) is 12.6. The van der Waals surface area contributed by atoms with Gasteiger partial charge in [0.05, 0.1) is 14.2 Å². The summed E-state index contributed by atoms with van der Waals surface area (Å²) >= 11 is 5.85. The highest BCUT2D eigenvalue weighted by Crippen LogP contribution is 2.27. The van der Waals surface area contributed by atoms with Crippen molar-refractivity contribution in [1.29, 1.82) is 0 Å². The number of methoxy groups -OCH3 is 2. The van der Waals surface area contributed by atoms with Crippen LogP contribution in [0, 0.1) is 0 Å². The van der Waals surface area contributed by atoms with E-state index in [1.807, 2.05) is 42.5 Å². The Morgan fingerprint density at radius 1 is 0.962 bits per heavy atom. The molecule has 2 rings (SSSR count). The number of rotatable bonds is 10. The van der Waals surface area contributed by atoms with Gasteiger partial charge in [-0.1, -0.05) is 29.8 Å². The molecule has 0 heterocycles. The van der Waals surface area contributed by atoms with E-state index >= 15 is 0 Å². The maximum Gasteiger partial charge on any atom is 0.221 e. The van der Waals surface area contributed by atoms with E-state index in [9.17, 15) is 4.79 Å². The summed E-state index contributed by atoms with van der Waals surface area (Å²) in [5, 5.41) is 6.91. The quantitative estimate of drug-likeness (QED) is 0.625. The average Bonchev–Trinajstić information content (AvgIpc) is 2.66. The van der Waals surface area contributed by atoms with Gasteiger partial charge >= 0.3 is 0 Å². The number of hydrogen-bond acceptors (Lipinski definition) is 4. The maximum absolute atomic E-state index is 11.9. The molecular weight excluding hydrogens is 352 g/mol. The lowest BCUT2D eigenvalue weighted by molar-refractivity contribution is -0.120. The summed E-state index contributed by atoms with van der Waals surface area (Å²) in [5.74, 6) is 1.43. The summed E-state index contributed by atoms with van der Waals surface area (Å²) in [5.41, 5.74) is 2.23. The molecule has 0 aliphatic heterocycles. The van der Waals surface area contributed by atoms with Gasteiger partial charge in [0.15, 0.2) is 11.5 Å². The molecule has 0 aliphatic carbocycles. The van der Waals surface area contributed by atoms with Gasteiger partial charge in [-0.3, -0.25) is 4.79 Å². The lowest BCUT2D eigenvalue weighted by atomic mass is 10.1. The van der Waals surface area contributed by atoms with E-state index in [4.69, 9.17) is 21.1 Å². The topological polar surface area (TPSA) is 59.6 Å². The molecule has 2 N–H and O–H groups in total. The molecule has 5 nitrogen and oxygen atoms in total. The van der Waals surface area contributed by atoms with Crippen molar-refractivity contribution in [3.8, 4) is 11.5 Å². The molecule has 6 heteroatoms. The van der Waals surface area contributed by atoms with Gasteiger partial charge in [0.25, 0.3) is 0 Å². The monoisotopic (exact) mass is 376 g/mol. The van der Waals surface area contributed by atoms with E-state index in [0.29, 0.717) is 31.0 Å². The van der Waals surface area contributed by atoms with Crippen molar-refractivity contribution in [1.82, 2.24) is 10.6 Å². The van der Waals surface area contributed by atoms with Crippen LogP contribution in [0.15, 0.2) is 42.5 Å². The molecule has 0 unspecified atom stereocenters.